The summed E-state index contributed by atoms with van der Waals surface area (Å²) < 4.78 is 62.2. The number of anilines is 1. The molecule has 0 unspecified atom stereocenters. The van der Waals surface area contributed by atoms with Gasteiger partial charge in [0.05, 0.1) is 27.1 Å². The van der Waals surface area contributed by atoms with Crippen molar-refractivity contribution in [2.45, 2.75) is 60.9 Å². The lowest BCUT2D eigenvalue weighted by atomic mass is 10.2. The predicted octanol–water partition coefficient (Wildman–Crippen LogP) is 3.62. The van der Waals surface area contributed by atoms with Gasteiger partial charge in [-0.25, -0.2) is 26.5 Å². The molecule has 196 valence electrons. The molecule has 2 N–H and O–H groups in total. The maximum Gasteiger partial charge on any atom is 0.240 e. The predicted molar refractivity (Wildman–Crippen MR) is 139 cm³/mol. The summed E-state index contributed by atoms with van der Waals surface area (Å²) in [5, 5.41) is 3.24. The number of aryl methyl sites for hydroxylation is 2. The normalized spacial score (nSPS) is 12.2. The molecule has 2 aromatic carbocycles. The number of hydrogen-bond donors (Lipinski definition) is 2. The van der Waals surface area contributed by atoms with Gasteiger partial charge in [0.15, 0.2) is 0 Å². The van der Waals surface area contributed by atoms with Gasteiger partial charge in [-0.1, -0.05) is 6.07 Å². The van der Waals surface area contributed by atoms with Crippen molar-refractivity contribution in [1.29, 1.82) is 0 Å². The fraction of sp³-hybridized carbons (Fsp3) is 0.400. The molecule has 0 amide bonds. The Hall–Kier alpha value is -2.73. The van der Waals surface area contributed by atoms with Crippen molar-refractivity contribution in [1.82, 2.24) is 14.3 Å². The van der Waals surface area contributed by atoms with Crippen LogP contribution in [0.3, 0.4) is 0 Å². The first-order chi connectivity index (χ1) is 17.1. The molecule has 0 fully saturated rings. The van der Waals surface area contributed by atoms with E-state index in [9.17, 15) is 16.8 Å². The van der Waals surface area contributed by atoms with E-state index in [0.717, 1.165) is 12.1 Å². The first kappa shape index (κ1) is 27.9. The summed E-state index contributed by atoms with van der Waals surface area (Å²) in [5.41, 5.74) is 1.27. The number of aromatic nitrogens is 2. The van der Waals surface area contributed by atoms with E-state index in [-0.39, 0.29) is 27.3 Å². The van der Waals surface area contributed by atoms with Crippen LogP contribution in [0.1, 0.15) is 32.3 Å². The highest BCUT2D eigenvalue weighted by molar-refractivity contribution is 7.91. The van der Waals surface area contributed by atoms with Crippen LogP contribution in [0.2, 0.25) is 0 Å². The number of nitrogens with one attached hydrogen (secondary N) is 2. The first-order valence-electron chi connectivity index (χ1n) is 11.9. The molecule has 0 aliphatic carbocycles. The highest BCUT2D eigenvalue weighted by Crippen LogP contribution is 2.26. The second-order valence-corrected chi connectivity index (χ2v) is 12.4. The third-order valence-electron chi connectivity index (χ3n) is 5.47. The van der Waals surface area contributed by atoms with Gasteiger partial charge in [-0.05, 0) is 75.6 Å². The van der Waals surface area contributed by atoms with Crippen LogP contribution in [-0.2, 0) is 31.1 Å². The second-order valence-electron chi connectivity index (χ2n) is 8.71. The minimum absolute atomic E-state index is 0.0480. The standard InChI is InChI=1S/C25H34N4O5S2/c1-20(2)34-17-5-12-27-22-7-10-23(11-8-22)35(30,31)24-9-6-21(3)25(18-24)36(32,33)28-13-4-15-29-16-14-26-19-29/h6-11,14,16,18-20,27-28H,4-5,12-13,15,17H2,1-3H3. The molecule has 0 spiro atoms. The summed E-state index contributed by atoms with van der Waals surface area (Å²) in [6.07, 6.45) is 6.72. The van der Waals surface area contributed by atoms with Crippen molar-refractivity contribution in [3.05, 3.63) is 66.7 Å². The van der Waals surface area contributed by atoms with Crippen molar-refractivity contribution in [3.63, 3.8) is 0 Å². The second kappa shape index (κ2) is 12.5. The van der Waals surface area contributed by atoms with Gasteiger partial charge in [0.1, 0.15) is 0 Å². The summed E-state index contributed by atoms with van der Waals surface area (Å²) in [7, 11) is -7.78. The average Bonchev–Trinajstić information content (AvgIpc) is 3.35. The summed E-state index contributed by atoms with van der Waals surface area (Å²) in [6.45, 7) is 7.80. The number of sulfonamides is 1. The lowest BCUT2D eigenvalue weighted by molar-refractivity contribution is 0.0787. The van der Waals surface area contributed by atoms with Crippen LogP contribution in [0.5, 0.6) is 0 Å². The van der Waals surface area contributed by atoms with Crippen molar-refractivity contribution in [2.24, 2.45) is 0 Å². The molecule has 1 heterocycles. The Bertz CT molecular complexity index is 1320. The Labute approximate surface area is 213 Å². The minimum Gasteiger partial charge on any atom is -0.385 e. The maximum absolute atomic E-state index is 13.2. The fourth-order valence-corrected chi connectivity index (χ4v) is 6.22. The molecule has 0 atom stereocenters. The molecule has 3 aromatic rings. The Kier molecular flexibility index (Phi) is 9.66. The van der Waals surface area contributed by atoms with E-state index in [2.05, 4.69) is 15.0 Å². The monoisotopic (exact) mass is 534 g/mol. The Morgan fingerprint density at radius 2 is 1.69 bits per heavy atom. The molecule has 0 aliphatic heterocycles. The topological polar surface area (TPSA) is 119 Å². The van der Waals surface area contributed by atoms with E-state index < -0.39 is 19.9 Å². The Morgan fingerprint density at radius 3 is 2.36 bits per heavy atom. The first-order valence-corrected chi connectivity index (χ1v) is 14.8. The van der Waals surface area contributed by atoms with Gasteiger partial charge in [-0.2, -0.15) is 0 Å². The summed E-state index contributed by atoms with van der Waals surface area (Å²) in [4.78, 5) is 3.93. The van der Waals surface area contributed by atoms with Crippen LogP contribution in [0.25, 0.3) is 0 Å². The third kappa shape index (κ3) is 7.63. The van der Waals surface area contributed by atoms with Crippen molar-refractivity contribution in [3.8, 4) is 0 Å². The zero-order valence-electron chi connectivity index (χ0n) is 20.8. The van der Waals surface area contributed by atoms with Gasteiger partial charge < -0.3 is 14.6 Å². The molecule has 0 aliphatic rings. The molecule has 0 radical (unpaired) electrons. The van der Waals surface area contributed by atoms with E-state index in [1.165, 1.54) is 30.3 Å². The van der Waals surface area contributed by atoms with Crippen molar-refractivity contribution in [2.75, 3.05) is 25.0 Å². The summed E-state index contributed by atoms with van der Waals surface area (Å²) in [6, 6.07) is 10.6. The van der Waals surface area contributed by atoms with E-state index >= 15 is 0 Å². The summed E-state index contributed by atoms with van der Waals surface area (Å²) >= 11 is 0. The van der Waals surface area contributed by atoms with E-state index in [1.807, 2.05) is 18.4 Å². The summed E-state index contributed by atoms with van der Waals surface area (Å²) in [5.74, 6) is 0. The highest BCUT2D eigenvalue weighted by atomic mass is 32.2. The molecule has 0 saturated carbocycles. The number of ether oxygens (including phenoxy) is 1. The molecule has 3 rings (SSSR count). The van der Waals surface area contributed by atoms with Crippen LogP contribution >= 0.6 is 0 Å². The molecule has 1 aromatic heterocycles. The van der Waals surface area contributed by atoms with Crippen LogP contribution in [0.15, 0.2) is 75.9 Å². The number of rotatable bonds is 14. The molecule has 0 bridgehead atoms. The largest absolute Gasteiger partial charge is 0.385 e. The number of nitrogens with zero attached hydrogens (tertiary/aromatic N) is 2. The zero-order chi connectivity index (χ0) is 26.2. The van der Waals surface area contributed by atoms with Gasteiger partial charge >= 0.3 is 0 Å². The van der Waals surface area contributed by atoms with Gasteiger partial charge in [-0.3, -0.25) is 0 Å². The Morgan fingerprint density at radius 1 is 0.972 bits per heavy atom. The number of sulfone groups is 1. The van der Waals surface area contributed by atoms with Gasteiger partial charge in [0, 0.05) is 44.3 Å². The van der Waals surface area contributed by atoms with E-state index in [0.29, 0.717) is 31.7 Å². The zero-order valence-corrected chi connectivity index (χ0v) is 22.5. The van der Waals surface area contributed by atoms with Crippen molar-refractivity contribution >= 4 is 25.5 Å². The number of benzene rings is 2. The quantitative estimate of drug-likeness (QED) is 0.303. The molecule has 9 nitrogen and oxygen atoms in total. The molecular weight excluding hydrogens is 500 g/mol. The number of hydrogen-bond acceptors (Lipinski definition) is 7. The molecular formula is C25H34N4O5S2. The minimum atomic E-state index is -3.90. The lowest BCUT2D eigenvalue weighted by Gasteiger charge is -2.13. The van der Waals surface area contributed by atoms with Gasteiger partial charge in [0.25, 0.3) is 0 Å². The molecule has 36 heavy (non-hydrogen) atoms. The van der Waals surface area contributed by atoms with Gasteiger partial charge in [-0.15, -0.1) is 0 Å². The van der Waals surface area contributed by atoms with E-state index in [4.69, 9.17) is 4.74 Å². The van der Waals surface area contributed by atoms with Crippen LogP contribution in [-0.4, -0.2) is 52.2 Å². The maximum atomic E-state index is 13.2. The smallest absolute Gasteiger partial charge is 0.240 e. The average molecular weight is 535 g/mol. The molecule has 11 heteroatoms. The highest BCUT2D eigenvalue weighted by Gasteiger charge is 2.23. The van der Waals surface area contributed by atoms with Crippen LogP contribution in [0.4, 0.5) is 5.69 Å². The lowest BCUT2D eigenvalue weighted by Crippen LogP contribution is -2.26. The van der Waals surface area contributed by atoms with Crippen LogP contribution < -0.4 is 10.0 Å². The number of imidazole rings is 1. The SMILES string of the molecule is Cc1ccc(S(=O)(=O)c2ccc(NCCCOC(C)C)cc2)cc1S(=O)(=O)NCCCn1ccnc1. The Balaban J connectivity index is 1.66. The van der Waals surface area contributed by atoms with E-state index in [1.54, 1.807) is 37.8 Å². The van der Waals surface area contributed by atoms with Crippen LogP contribution in [0, 0.1) is 6.92 Å². The fourth-order valence-electron chi connectivity index (χ4n) is 3.51. The van der Waals surface area contributed by atoms with Gasteiger partial charge in [0.2, 0.25) is 19.9 Å². The molecule has 0 saturated heterocycles. The third-order valence-corrected chi connectivity index (χ3v) is 8.84. The van der Waals surface area contributed by atoms with Crippen molar-refractivity contribution < 1.29 is 21.6 Å².